The maximum atomic E-state index is 13.4. The quantitative estimate of drug-likeness (QED) is 0.449. The van der Waals surface area contributed by atoms with Crippen molar-refractivity contribution >= 4 is 27.8 Å². The fourth-order valence-corrected chi connectivity index (χ4v) is 6.42. The zero-order valence-corrected chi connectivity index (χ0v) is 21.2. The molecule has 1 unspecified atom stereocenters. The first kappa shape index (κ1) is 22.8. The van der Waals surface area contributed by atoms with Crippen LogP contribution in [-0.4, -0.2) is 63.8 Å². The van der Waals surface area contributed by atoms with E-state index in [2.05, 4.69) is 44.8 Å². The van der Waals surface area contributed by atoms with Gasteiger partial charge in [-0.3, -0.25) is 4.79 Å². The highest BCUT2D eigenvalue weighted by atomic mass is 16.5. The molecule has 8 heteroatoms. The summed E-state index contributed by atoms with van der Waals surface area (Å²) in [5.74, 6) is 2.35. The topological polar surface area (TPSA) is 90.3 Å². The summed E-state index contributed by atoms with van der Waals surface area (Å²) in [7, 11) is 0. The van der Waals surface area contributed by atoms with Crippen LogP contribution in [0, 0.1) is 5.92 Å². The van der Waals surface area contributed by atoms with Gasteiger partial charge < -0.3 is 29.8 Å². The van der Waals surface area contributed by atoms with Crippen LogP contribution in [0.2, 0.25) is 0 Å². The molecule has 0 spiro atoms. The highest BCUT2D eigenvalue weighted by Crippen LogP contribution is 2.37. The number of nitrogens with zero attached hydrogens (tertiary/aromatic N) is 4. The Morgan fingerprint density at radius 3 is 2.84 bits per heavy atom. The standard InChI is InChI=1S/C29H34N6O2/c30-22-5-3-11-33(18-22)29(36)21-14-23-27-26(16-21)37-13-12-34(27)28(32-23)25-15-20-4-1-2-6-24(20)35(25)17-19-7-9-31-10-8-19/h1-2,4,6,14-16,19,22,31H,3,5,7-13,17-18,30H2. The van der Waals surface area contributed by atoms with Gasteiger partial charge in [0.25, 0.3) is 5.91 Å². The molecule has 2 aromatic heterocycles. The largest absolute Gasteiger partial charge is 0.489 e. The summed E-state index contributed by atoms with van der Waals surface area (Å²) in [6, 6.07) is 14.8. The van der Waals surface area contributed by atoms with Crippen LogP contribution in [0.4, 0.5) is 0 Å². The maximum absolute atomic E-state index is 13.4. The molecule has 0 radical (unpaired) electrons. The van der Waals surface area contributed by atoms with E-state index >= 15 is 0 Å². The average Bonchev–Trinajstić information content (AvgIpc) is 3.48. The van der Waals surface area contributed by atoms with Crippen LogP contribution in [0.3, 0.4) is 0 Å². The fraction of sp³-hybridized carbons (Fsp3) is 0.448. The number of hydrogen-bond donors (Lipinski definition) is 2. The van der Waals surface area contributed by atoms with Crippen LogP contribution < -0.4 is 15.8 Å². The molecule has 3 aliphatic rings. The molecule has 192 valence electrons. The van der Waals surface area contributed by atoms with Gasteiger partial charge in [-0.05, 0) is 69.0 Å². The number of amides is 1. The number of ether oxygens (including phenoxy) is 1. The van der Waals surface area contributed by atoms with Crippen LogP contribution in [0.1, 0.15) is 36.0 Å². The van der Waals surface area contributed by atoms with Crippen molar-refractivity contribution < 1.29 is 9.53 Å². The van der Waals surface area contributed by atoms with Crippen molar-refractivity contribution in [1.82, 2.24) is 24.3 Å². The number of rotatable bonds is 4. The second kappa shape index (κ2) is 9.19. The summed E-state index contributed by atoms with van der Waals surface area (Å²) in [4.78, 5) is 20.4. The normalized spacial score (nSPS) is 20.5. The van der Waals surface area contributed by atoms with Gasteiger partial charge in [0.15, 0.2) is 5.82 Å². The molecule has 2 aromatic carbocycles. The Labute approximate surface area is 216 Å². The third-order valence-electron chi connectivity index (χ3n) is 8.31. The van der Waals surface area contributed by atoms with Crippen molar-refractivity contribution in [1.29, 1.82) is 0 Å². The highest BCUT2D eigenvalue weighted by molar-refractivity contribution is 6.00. The molecule has 3 aliphatic heterocycles. The molecule has 2 saturated heterocycles. The first-order chi connectivity index (χ1) is 18.2. The molecular formula is C29H34N6O2. The fourth-order valence-electron chi connectivity index (χ4n) is 6.42. The number of piperidine rings is 2. The number of imidazole rings is 1. The lowest BCUT2D eigenvalue weighted by molar-refractivity contribution is 0.0708. The summed E-state index contributed by atoms with van der Waals surface area (Å²) in [5.41, 5.74) is 11.0. The summed E-state index contributed by atoms with van der Waals surface area (Å²) in [6.07, 6.45) is 4.28. The van der Waals surface area contributed by atoms with E-state index in [1.54, 1.807) is 0 Å². The van der Waals surface area contributed by atoms with Gasteiger partial charge in [-0.2, -0.15) is 0 Å². The van der Waals surface area contributed by atoms with Gasteiger partial charge >= 0.3 is 0 Å². The highest BCUT2D eigenvalue weighted by Gasteiger charge is 2.28. The van der Waals surface area contributed by atoms with Gasteiger partial charge in [0.2, 0.25) is 0 Å². The Morgan fingerprint density at radius 1 is 1.11 bits per heavy atom. The van der Waals surface area contributed by atoms with E-state index in [1.165, 1.54) is 23.7 Å². The third kappa shape index (κ3) is 3.99. The van der Waals surface area contributed by atoms with Crippen LogP contribution in [0.25, 0.3) is 33.5 Å². The average molecular weight is 499 g/mol. The number of carbonyl (C=O) groups is 1. The molecule has 1 atom stereocenters. The number of fused-ring (bicyclic) bond motifs is 1. The van der Waals surface area contributed by atoms with Crippen molar-refractivity contribution in [2.75, 3.05) is 32.8 Å². The number of hydrogen-bond acceptors (Lipinski definition) is 5. The minimum Gasteiger partial charge on any atom is -0.489 e. The second-order valence-electron chi connectivity index (χ2n) is 10.8. The number of nitrogens with one attached hydrogen (secondary N) is 1. The van der Waals surface area contributed by atoms with Crippen molar-refractivity contribution in [3.8, 4) is 17.3 Å². The van der Waals surface area contributed by atoms with Gasteiger partial charge in [0, 0.05) is 42.1 Å². The number of para-hydroxylation sites is 1. The smallest absolute Gasteiger partial charge is 0.254 e. The van der Waals surface area contributed by atoms with Crippen LogP contribution in [-0.2, 0) is 13.1 Å². The Hall–Kier alpha value is -3.36. The van der Waals surface area contributed by atoms with Crippen molar-refractivity contribution in [3.63, 3.8) is 0 Å². The summed E-state index contributed by atoms with van der Waals surface area (Å²) < 4.78 is 10.8. The number of likely N-dealkylation sites (tertiary alicyclic amines) is 1. The monoisotopic (exact) mass is 498 g/mol. The molecule has 4 aromatic rings. The van der Waals surface area contributed by atoms with Gasteiger partial charge in [-0.1, -0.05) is 18.2 Å². The number of benzene rings is 2. The first-order valence-electron chi connectivity index (χ1n) is 13.7. The number of nitrogens with two attached hydrogens (primary N) is 1. The molecule has 1 amide bonds. The van der Waals surface area contributed by atoms with Crippen LogP contribution >= 0.6 is 0 Å². The molecule has 5 heterocycles. The van der Waals surface area contributed by atoms with E-state index in [1.807, 2.05) is 17.0 Å². The zero-order chi connectivity index (χ0) is 24.9. The molecule has 0 saturated carbocycles. The van der Waals surface area contributed by atoms with Crippen molar-refractivity contribution in [3.05, 3.63) is 48.0 Å². The Balaban J connectivity index is 1.34. The van der Waals surface area contributed by atoms with Crippen molar-refractivity contribution in [2.24, 2.45) is 11.7 Å². The van der Waals surface area contributed by atoms with Crippen LogP contribution in [0.15, 0.2) is 42.5 Å². The van der Waals surface area contributed by atoms with E-state index in [0.29, 0.717) is 24.6 Å². The van der Waals surface area contributed by atoms with Gasteiger partial charge in [-0.15, -0.1) is 0 Å². The predicted molar refractivity (Wildman–Crippen MR) is 145 cm³/mol. The second-order valence-corrected chi connectivity index (χ2v) is 10.8. The Bertz CT molecular complexity index is 1480. The van der Waals surface area contributed by atoms with Gasteiger partial charge in [-0.25, -0.2) is 4.98 Å². The maximum Gasteiger partial charge on any atom is 0.254 e. The SMILES string of the molecule is NC1CCCN(C(=O)c2cc3c4c(c2)nc(-c2cc5ccccc5n2CC2CCNCC2)n4CCO3)C1. The molecule has 0 aliphatic carbocycles. The van der Waals surface area contributed by atoms with Gasteiger partial charge in [0.05, 0.1) is 17.8 Å². The Kier molecular flexibility index (Phi) is 5.66. The summed E-state index contributed by atoms with van der Waals surface area (Å²) >= 11 is 0. The lowest BCUT2D eigenvalue weighted by atomic mass is 9.98. The van der Waals surface area contributed by atoms with Crippen molar-refractivity contribution in [2.45, 2.75) is 44.8 Å². The minimum atomic E-state index is 0.0126. The lowest BCUT2D eigenvalue weighted by Gasteiger charge is -2.31. The third-order valence-corrected chi connectivity index (χ3v) is 8.31. The molecule has 0 bridgehead atoms. The van der Waals surface area contributed by atoms with E-state index in [4.69, 9.17) is 15.5 Å². The molecule has 37 heavy (non-hydrogen) atoms. The molecule has 2 fully saturated rings. The van der Waals surface area contributed by atoms with Crippen LogP contribution in [0.5, 0.6) is 5.75 Å². The molecule has 3 N–H and O–H groups in total. The minimum absolute atomic E-state index is 0.0126. The van der Waals surface area contributed by atoms with E-state index in [9.17, 15) is 4.79 Å². The van der Waals surface area contributed by atoms with E-state index in [-0.39, 0.29) is 11.9 Å². The molecule has 8 nitrogen and oxygen atoms in total. The predicted octanol–water partition coefficient (Wildman–Crippen LogP) is 3.61. The van der Waals surface area contributed by atoms with E-state index < -0.39 is 0 Å². The zero-order valence-electron chi connectivity index (χ0n) is 21.2. The molecule has 7 rings (SSSR count). The first-order valence-corrected chi connectivity index (χ1v) is 13.7. The molecular weight excluding hydrogens is 464 g/mol. The van der Waals surface area contributed by atoms with E-state index in [0.717, 1.165) is 73.9 Å². The summed E-state index contributed by atoms with van der Waals surface area (Å²) in [6.45, 7) is 5.79. The summed E-state index contributed by atoms with van der Waals surface area (Å²) in [5, 5.41) is 4.72. The lowest BCUT2D eigenvalue weighted by Crippen LogP contribution is -2.45. The number of aromatic nitrogens is 3. The Morgan fingerprint density at radius 2 is 1.97 bits per heavy atom. The number of carbonyl (C=O) groups excluding carboxylic acids is 1. The van der Waals surface area contributed by atoms with Gasteiger partial charge in [0.1, 0.15) is 17.9 Å².